The maximum atomic E-state index is 12.6. The summed E-state index contributed by atoms with van der Waals surface area (Å²) in [5, 5.41) is 4.08. The van der Waals surface area contributed by atoms with Crippen LogP contribution in [0.5, 0.6) is 23.0 Å². The zero-order chi connectivity index (χ0) is 24.9. The molecule has 0 spiro atoms. The van der Waals surface area contributed by atoms with Crippen molar-refractivity contribution < 1.29 is 23.7 Å². The lowest BCUT2D eigenvalue weighted by molar-refractivity contribution is 0.0954. The molecule has 7 heteroatoms. The minimum Gasteiger partial charge on any atom is -0.490 e. The van der Waals surface area contributed by atoms with E-state index in [2.05, 4.69) is 17.1 Å². The van der Waals surface area contributed by atoms with Gasteiger partial charge in [-0.15, -0.1) is 0 Å². The summed E-state index contributed by atoms with van der Waals surface area (Å²) >= 11 is 0. The van der Waals surface area contributed by atoms with Gasteiger partial charge in [-0.25, -0.2) is 5.43 Å². The lowest BCUT2D eigenvalue weighted by Gasteiger charge is -2.13. The van der Waals surface area contributed by atoms with Gasteiger partial charge in [-0.05, 0) is 61.4 Å². The molecule has 1 N–H and O–H groups in total. The second-order valence-electron chi connectivity index (χ2n) is 7.31. The Balaban J connectivity index is 1.66. The summed E-state index contributed by atoms with van der Waals surface area (Å²) in [5.74, 6) is 1.91. The second-order valence-corrected chi connectivity index (χ2v) is 7.31. The smallest absolute Gasteiger partial charge is 0.271 e. The van der Waals surface area contributed by atoms with Gasteiger partial charge in [-0.3, -0.25) is 4.79 Å². The standard InChI is InChI=1S/C28H30N2O5/c1-4-16-34-24-14-12-22(17-26(24)32-5-2)19-29-30-28(31)23-13-15-25(27(18-23)33-6-3)35-20-21-10-8-7-9-11-21/h4,7-15,17-19H,1,5-6,16,20H2,2-3H3,(H,30,31)/b29-19+. The van der Waals surface area contributed by atoms with Gasteiger partial charge in [0.15, 0.2) is 23.0 Å². The predicted octanol–water partition coefficient (Wildman–Crippen LogP) is 5.39. The van der Waals surface area contributed by atoms with E-state index in [9.17, 15) is 4.79 Å². The Morgan fingerprint density at radius 1 is 0.857 bits per heavy atom. The molecule has 3 aromatic rings. The molecule has 0 heterocycles. The van der Waals surface area contributed by atoms with Crippen LogP contribution in [0, 0.1) is 0 Å². The lowest BCUT2D eigenvalue weighted by Crippen LogP contribution is -2.17. The number of nitrogens with zero attached hydrogens (tertiary/aromatic N) is 1. The Morgan fingerprint density at radius 2 is 1.54 bits per heavy atom. The van der Waals surface area contributed by atoms with Gasteiger partial charge in [-0.1, -0.05) is 43.0 Å². The van der Waals surface area contributed by atoms with Crippen LogP contribution < -0.4 is 24.4 Å². The van der Waals surface area contributed by atoms with Crippen LogP contribution >= 0.6 is 0 Å². The molecule has 35 heavy (non-hydrogen) atoms. The van der Waals surface area contributed by atoms with Crippen molar-refractivity contribution in [3.63, 3.8) is 0 Å². The first-order valence-electron chi connectivity index (χ1n) is 11.4. The van der Waals surface area contributed by atoms with Gasteiger partial charge >= 0.3 is 0 Å². The van der Waals surface area contributed by atoms with Crippen LogP contribution in [0.15, 0.2) is 84.5 Å². The normalized spacial score (nSPS) is 10.6. The van der Waals surface area contributed by atoms with E-state index in [1.165, 1.54) is 0 Å². The molecule has 0 saturated carbocycles. The first-order chi connectivity index (χ1) is 17.1. The number of nitrogens with one attached hydrogen (secondary N) is 1. The third kappa shape index (κ3) is 7.64. The van der Waals surface area contributed by atoms with Crippen molar-refractivity contribution >= 4 is 12.1 Å². The zero-order valence-corrected chi connectivity index (χ0v) is 20.0. The van der Waals surface area contributed by atoms with E-state index in [-0.39, 0.29) is 5.91 Å². The quantitative estimate of drug-likeness (QED) is 0.204. The first kappa shape index (κ1) is 25.4. The van der Waals surface area contributed by atoms with Crippen molar-refractivity contribution in [3.8, 4) is 23.0 Å². The summed E-state index contributed by atoms with van der Waals surface area (Å²) in [7, 11) is 0. The van der Waals surface area contributed by atoms with E-state index in [0.29, 0.717) is 55.0 Å². The largest absolute Gasteiger partial charge is 0.490 e. The van der Waals surface area contributed by atoms with E-state index in [0.717, 1.165) is 11.1 Å². The third-order valence-corrected chi connectivity index (χ3v) is 4.75. The van der Waals surface area contributed by atoms with Crippen LogP contribution in [0.25, 0.3) is 0 Å². The Bertz CT molecular complexity index is 1150. The molecule has 3 aromatic carbocycles. The lowest BCUT2D eigenvalue weighted by atomic mass is 10.2. The van der Waals surface area contributed by atoms with Gasteiger partial charge < -0.3 is 18.9 Å². The van der Waals surface area contributed by atoms with Gasteiger partial charge in [-0.2, -0.15) is 5.10 Å². The molecule has 0 unspecified atom stereocenters. The molecule has 0 bridgehead atoms. The fourth-order valence-corrected chi connectivity index (χ4v) is 3.14. The Morgan fingerprint density at radius 3 is 2.26 bits per heavy atom. The van der Waals surface area contributed by atoms with E-state index >= 15 is 0 Å². The number of hydrazone groups is 1. The SMILES string of the molecule is C=CCOc1ccc(/C=N/NC(=O)c2ccc(OCc3ccccc3)c(OCC)c2)cc1OCC. The number of carbonyl (C=O) groups excluding carboxylic acids is 1. The average Bonchev–Trinajstić information content (AvgIpc) is 2.88. The summed E-state index contributed by atoms with van der Waals surface area (Å²) in [4.78, 5) is 12.6. The van der Waals surface area contributed by atoms with Crippen molar-refractivity contribution in [3.05, 3.63) is 96.1 Å². The van der Waals surface area contributed by atoms with Crippen molar-refractivity contribution in [1.82, 2.24) is 5.43 Å². The number of amides is 1. The van der Waals surface area contributed by atoms with Crippen LogP contribution in [0.3, 0.4) is 0 Å². The highest BCUT2D eigenvalue weighted by atomic mass is 16.5. The molecule has 0 aliphatic rings. The molecule has 0 radical (unpaired) electrons. The maximum Gasteiger partial charge on any atom is 0.271 e. The van der Waals surface area contributed by atoms with Gasteiger partial charge in [0.05, 0.1) is 19.4 Å². The zero-order valence-electron chi connectivity index (χ0n) is 20.0. The van der Waals surface area contributed by atoms with Gasteiger partial charge in [0.1, 0.15) is 13.2 Å². The molecular weight excluding hydrogens is 444 g/mol. The highest BCUT2D eigenvalue weighted by Gasteiger charge is 2.12. The molecule has 7 nitrogen and oxygen atoms in total. The minimum absolute atomic E-state index is 0.368. The number of rotatable bonds is 13. The average molecular weight is 475 g/mol. The Kier molecular flexibility index (Phi) is 9.75. The molecule has 182 valence electrons. The summed E-state index contributed by atoms with van der Waals surface area (Å²) in [5.41, 5.74) is 4.74. The fraction of sp³-hybridized carbons (Fsp3) is 0.214. The molecule has 0 fully saturated rings. The Hall–Kier alpha value is -4.26. The van der Waals surface area contributed by atoms with Crippen LogP contribution in [0.1, 0.15) is 35.3 Å². The van der Waals surface area contributed by atoms with Crippen molar-refractivity contribution in [1.29, 1.82) is 0 Å². The van der Waals surface area contributed by atoms with Crippen molar-refractivity contribution in [2.75, 3.05) is 19.8 Å². The van der Waals surface area contributed by atoms with Crippen molar-refractivity contribution in [2.24, 2.45) is 5.10 Å². The molecule has 0 aliphatic heterocycles. The predicted molar refractivity (Wildman–Crippen MR) is 137 cm³/mol. The molecule has 0 atom stereocenters. The summed E-state index contributed by atoms with van der Waals surface area (Å²) in [6, 6.07) is 20.3. The topological polar surface area (TPSA) is 78.4 Å². The van der Waals surface area contributed by atoms with E-state index in [1.807, 2.05) is 50.2 Å². The van der Waals surface area contributed by atoms with Gasteiger partial charge in [0.2, 0.25) is 0 Å². The second kappa shape index (κ2) is 13.4. The summed E-state index contributed by atoms with van der Waals surface area (Å²) in [6.07, 6.45) is 3.21. The number of hydrogen-bond donors (Lipinski definition) is 1. The maximum absolute atomic E-state index is 12.6. The first-order valence-corrected chi connectivity index (χ1v) is 11.4. The third-order valence-electron chi connectivity index (χ3n) is 4.75. The molecule has 0 saturated heterocycles. The minimum atomic E-state index is -0.368. The number of hydrogen-bond acceptors (Lipinski definition) is 6. The van der Waals surface area contributed by atoms with Crippen LogP contribution in [0.4, 0.5) is 0 Å². The van der Waals surface area contributed by atoms with E-state index < -0.39 is 0 Å². The summed E-state index contributed by atoms with van der Waals surface area (Å²) in [6.45, 7) is 9.14. The Labute approximate surface area is 206 Å². The van der Waals surface area contributed by atoms with Gasteiger partial charge in [0.25, 0.3) is 5.91 Å². The highest BCUT2D eigenvalue weighted by molar-refractivity contribution is 5.95. The number of carbonyl (C=O) groups is 1. The monoisotopic (exact) mass is 474 g/mol. The fourth-order valence-electron chi connectivity index (χ4n) is 3.14. The van der Waals surface area contributed by atoms with Crippen LogP contribution in [0.2, 0.25) is 0 Å². The van der Waals surface area contributed by atoms with E-state index in [4.69, 9.17) is 18.9 Å². The number of ether oxygens (including phenoxy) is 4. The molecule has 3 rings (SSSR count). The van der Waals surface area contributed by atoms with E-state index in [1.54, 1.807) is 42.6 Å². The summed E-state index contributed by atoms with van der Waals surface area (Å²) < 4.78 is 22.8. The van der Waals surface area contributed by atoms with Crippen molar-refractivity contribution in [2.45, 2.75) is 20.5 Å². The molecule has 1 amide bonds. The molecule has 0 aromatic heterocycles. The molecular formula is C28H30N2O5. The highest BCUT2D eigenvalue weighted by Crippen LogP contribution is 2.30. The van der Waals surface area contributed by atoms with Gasteiger partial charge in [0, 0.05) is 5.56 Å². The van der Waals surface area contributed by atoms with Crippen LogP contribution in [-0.4, -0.2) is 31.9 Å². The number of benzene rings is 3. The van der Waals surface area contributed by atoms with Crippen LogP contribution in [-0.2, 0) is 6.61 Å². The molecule has 0 aliphatic carbocycles.